The maximum Gasteiger partial charge on any atom is 0.123 e. The van der Waals surface area contributed by atoms with Crippen LogP contribution in [0.2, 0.25) is 0 Å². The van der Waals surface area contributed by atoms with Crippen molar-refractivity contribution in [2.75, 3.05) is 0 Å². The van der Waals surface area contributed by atoms with Gasteiger partial charge in [0.2, 0.25) is 0 Å². The molecule has 0 N–H and O–H groups in total. The zero-order valence-corrected chi connectivity index (χ0v) is 12.8. The van der Waals surface area contributed by atoms with Gasteiger partial charge in [0.1, 0.15) is 5.82 Å². The first-order chi connectivity index (χ1) is 9.47. The highest BCUT2D eigenvalue weighted by molar-refractivity contribution is 5.68. The number of hydrogen-bond acceptors (Lipinski definition) is 0. The van der Waals surface area contributed by atoms with Gasteiger partial charge >= 0.3 is 0 Å². The van der Waals surface area contributed by atoms with Gasteiger partial charge in [-0.1, -0.05) is 58.0 Å². The molecular weight excluding hydrogens is 247 g/mol. The molecule has 0 radical (unpaired) electrons. The summed E-state index contributed by atoms with van der Waals surface area (Å²) in [4.78, 5) is 0. The Morgan fingerprint density at radius 1 is 0.900 bits per heavy atom. The fraction of sp³-hybridized carbons (Fsp3) is 0.368. The summed E-state index contributed by atoms with van der Waals surface area (Å²) in [5.74, 6) is 0.873. The molecule has 0 aliphatic carbocycles. The van der Waals surface area contributed by atoms with Crippen LogP contribution in [0.15, 0.2) is 42.5 Å². The van der Waals surface area contributed by atoms with E-state index in [1.165, 1.54) is 11.1 Å². The van der Waals surface area contributed by atoms with Crippen LogP contribution in [0, 0.1) is 11.7 Å². The first-order valence-corrected chi connectivity index (χ1v) is 7.36. The molecule has 0 saturated heterocycles. The quantitative estimate of drug-likeness (QED) is 0.657. The molecule has 1 heteroatoms. The Kier molecular flexibility index (Phi) is 4.59. The van der Waals surface area contributed by atoms with Gasteiger partial charge in [-0.05, 0) is 52.6 Å². The number of hydrogen-bond donors (Lipinski definition) is 0. The van der Waals surface area contributed by atoms with Crippen LogP contribution in [-0.4, -0.2) is 0 Å². The minimum absolute atomic E-state index is 0.171. The lowest BCUT2D eigenvalue weighted by Crippen LogP contribution is -1.96. The molecule has 20 heavy (non-hydrogen) atoms. The fourth-order valence-corrected chi connectivity index (χ4v) is 2.57. The smallest absolute Gasteiger partial charge is 0.123 e. The first-order valence-electron chi connectivity index (χ1n) is 7.36. The van der Waals surface area contributed by atoms with Crippen LogP contribution in [0.4, 0.5) is 4.39 Å². The zero-order chi connectivity index (χ0) is 14.7. The maximum absolute atomic E-state index is 13.5. The van der Waals surface area contributed by atoms with E-state index in [1.807, 2.05) is 6.07 Å². The Morgan fingerprint density at radius 3 is 2.10 bits per heavy atom. The van der Waals surface area contributed by atoms with Crippen LogP contribution >= 0.6 is 0 Å². The second kappa shape index (κ2) is 6.21. The molecule has 0 aliphatic rings. The van der Waals surface area contributed by atoms with Crippen molar-refractivity contribution in [3.05, 3.63) is 59.4 Å². The maximum atomic E-state index is 13.5. The van der Waals surface area contributed by atoms with Crippen LogP contribution in [0.25, 0.3) is 11.1 Å². The third-order valence-corrected chi connectivity index (χ3v) is 3.55. The molecule has 106 valence electrons. The molecule has 0 unspecified atom stereocenters. The lowest BCUT2D eigenvalue weighted by molar-refractivity contribution is 0.627. The summed E-state index contributed by atoms with van der Waals surface area (Å²) in [5, 5.41) is 0. The molecule has 2 aromatic rings. The predicted octanol–water partition coefficient (Wildman–Crippen LogP) is 5.81. The molecule has 0 bridgehead atoms. The molecule has 0 heterocycles. The van der Waals surface area contributed by atoms with Crippen molar-refractivity contribution >= 4 is 0 Å². The van der Waals surface area contributed by atoms with E-state index < -0.39 is 0 Å². The number of rotatable bonds is 4. The van der Waals surface area contributed by atoms with E-state index in [0.717, 1.165) is 17.5 Å². The van der Waals surface area contributed by atoms with E-state index in [-0.39, 0.29) is 5.82 Å². The minimum Gasteiger partial charge on any atom is -0.207 e. The highest BCUT2D eigenvalue weighted by atomic mass is 19.1. The lowest BCUT2D eigenvalue weighted by Gasteiger charge is -2.14. The minimum atomic E-state index is -0.171. The Morgan fingerprint density at radius 2 is 1.55 bits per heavy atom. The molecule has 2 rings (SSSR count). The molecular formula is C19H23F. The molecule has 2 aromatic carbocycles. The van der Waals surface area contributed by atoms with Gasteiger partial charge in [0.05, 0.1) is 0 Å². The second-order valence-corrected chi connectivity index (χ2v) is 6.18. The van der Waals surface area contributed by atoms with Crippen LogP contribution in [0.5, 0.6) is 0 Å². The topological polar surface area (TPSA) is 0 Å². The number of benzene rings is 2. The molecule has 0 aliphatic heterocycles. The van der Waals surface area contributed by atoms with Crippen molar-refractivity contribution in [3.63, 3.8) is 0 Å². The van der Waals surface area contributed by atoms with Crippen LogP contribution in [0.1, 0.15) is 44.7 Å². The first kappa shape index (κ1) is 14.8. The van der Waals surface area contributed by atoms with Crippen molar-refractivity contribution in [1.29, 1.82) is 0 Å². The molecule has 0 saturated carbocycles. The van der Waals surface area contributed by atoms with Gasteiger partial charge in [-0.3, -0.25) is 0 Å². The summed E-state index contributed by atoms with van der Waals surface area (Å²) in [6.07, 6.45) is 1.08. The van der Waals surface area contributed by atoms with Crippen LogP contribution in [0.3, 0.4) is 0 Å². The Labute approximate surface area is 121 Å². The van der Waals surface area contributed by atoms with Gasteiger partial charge < -0.3 is 0 Å². The van der Waals surface area contributed by atoms with Crippen LogP contribution in [-0.2, 0) is 6.42 Å². The average Bonchev–Trinajstić information content (AvgIpc) is 2.38. The van der Waals surface area contributed by atoms with Crippen molar-refractivity contribution in [2.24, 2.45) is 5.92 Å². The van der Waals surface area contributed by atoms with Gasteiger partial charge in [0.25, 0.3) is 0 Å². The van der Waals surface area contributed by atoms with Crippen molar-refractivity contribution in [3.8, 4) is 11.1 Å². The third-order valence-electron chi connectivity index (χ3n) is 3.55. The lowest BCUT2D eigenvalue weighted by atomic mass is 9.91. The Balaban J connectivity index is 2.38. The zero-order valence-electron chi connectivity index (χ0n) is 12.8. The van der Waals surface area contributed by atoms with E-state index in [2.05, 4.69) is 52.0 Å². The summed E-state index contributed by atoms with van der Waals surface area (Å²) in [5.41, 5.74) is 4.64. The molecule has 0 spiro atoms. The highest BCUT2D eigenvalue weighted by Crippen LogP contribution is 2.30. The van der Waals surface area contributed by atoms with Crippen LogP contribution < -0.4 is 0 Å². The van der Waals surface area contributed by atoms with Crippen molar-refractivity contribution in [1.82, 2.24) is 0 Å². The monoisotopic (exact) mass is 270 g/mol. The predicted molar refractivity (Wildman–Crippen MR) is 84.5 cm³/mol. The highest BCUT2D eigenvalue weighted by Gasteiger charge is 2.10. The summed E-state index contributed by atoms with van der Waals surface area (Å²) in [6, 6.07) is 13.6. The normalized spacial score (nSPS) is 11.3. The third kappa shape index (κ3) is 3.47. The van der Waals surface area contributed by atoms with Gasteiger partial charge in [-0.2, -0.15) is 0 Å². The SMILES string of the molecule is CC(C)Cc1ccc(-c2cc(F)ccc2C(C)C)cc1. The van der Waals surface area contributed by atoms with Gasteiger partial charge in [0.15, 0.2) is 0 Å². The van der Waals surface area contributed by atoms with E-state index in [1.54, 1.807) is 12.1 Å². The van der Waals surface area contributed by atoms with Crippen molar-refractivity contribution < 1.29 is 4.39 Å². The average molecular weight is 270 g/mol. The Hall–Kier alpha value is -1.63. The fourth-order valence-electron chi connectivity index (χ4n) is 2.57. The molecule has 0 amide bonds. The largest absolute Gasteiger partial charge is 0.207 e. The van der Waals surface area contributed by atoms with Gasteiger partial charge in [-0.25, -0.2) is 4.39 Å². The van der Waals surface area contributed by atoms with Gasteiger partial charge in [0, 0.05) is 0 Å². The van der Waals surface area contributed by atoms with E-state index in [0.29, 0.717) is 11.8 Å². The molecule has 0 nitrogen and oxygen atoms in total. The van der Waals surface area contributed by atoms with Gasteiger partial charge in [-0.15, -0.1) is 0 Å². The number of halogens is 1. The summed E-state index contributed by atoms with van der Waals surface area (Å²) in [6.45, 7) is 8.72. The standard InChI is InChI=1S/C19H23F/c1-13(2)11-15-5-7-16(8-6-15)19-12-17(20)9-10-18(19)14(3)4/h5-10,12-14H,11H2,1-4H3. The molecule has 0 fully saturated rings. The van der Waals surface area contributed by atoms with Crippen molar-refractivity contribution in [2.45, 2.75) is 40.0 Å². The van der Waals surface area contributed by atoms with E-state index in [9.17, 15) is 4.39 Å². The van der Waals surface area contributed by atoms with E-state index in [4.69, 9.17) is 0 Å². The summed E-state index contributed by atoms with van der Waals surface area (Å²) < 4.78 is 13.5. The molecule has 0 aromatic heterocycles. The summed E-state index contributed by atoms with van der Waals surface area (Å²) >= 11 is 0. The Bertz CT molecular complexity index is 565. The molecule has 0 atom stereocenters. The van der Waals surface area contributed by atoms with E-state index >= 15 is 0 Å². The summed E-state index contributed by atoms with van der Waals surface area (Å²) in [7, 11) is 0. The second-order valence-electron chi connectivity index (χ2n) is 6.18.